The summed E-state index contributed by atoms with van der Waals surface area (Å²) < 4.78 is 5.53. The van der Waals surface area contributed by atoms with Gasteiger partial charge < -0.3 is 57.3 Å². The minimum Gasteiger partial charge on any atom is -0.478 e. The Morgan fingerprint density at radius 1 is 0.786 bits per heavy atom. The molecule has 5 rings (SSSR count). The van der Waals surface area contributed by atoms with Crippen molar-refractivity contribution in [1.29, 1.82) is 0 Å². The van der Waals surface area contributed by atoms with Gasteiger partial charge in [-0.25, -0.2) is 14.4 Å². The van der Waals surface area contributed by atoms with Crippen LogP contribution in [0.15, 0.2) is 115 Å². The average Bonchev–Trinajstić information content (AvgIpc) is 1.86. The normalized spacial score (nSPS) is 13.9. The van der Waals surface area contributed by atoms with Gasteiger partial charge in [0.25, 0.3) is 0 Å². The third-order valence-electron chi connectivity index (χ3n) is 14.7. The van der Waals surface area contributed by atoms with E-state index in [1.165, 1.54) is 11.8 Å². The van der Waals surface area contributed by atoms with E-state index in [9.17, 15) is 48.3 Å². The van der Waals surface area contributed by atoms with Crippen molar-refractivity contribution < 1.29 is 53.0 Å². The highest BCUT2D eigenvalue weighted by Crippen LogP contribution is 2.35. The molecule has 0 aromatic heterocycles. The molecule has 21 heteroatoms. The lowest BCUT2D eigenvalue weighted by Gasteiger charge is -2.40. The van der Waals surface area contributed by atoms with Gasteiger partial charge in [0.2, 0.25) is 35.4 Å². The number of hydrogen-bond donors (Lipinski definition) is 9. The van der Waals surface area contributed by atoms with E-state index < -0.39 is 83.3 Å². The van der Waals surface area contributed by atoms with Gasteiger partial charge in [-0.15, -0.1) is 0 Å². The number of carbonyl (C=O) groups is 9. The van der Waals surface area contributed by atoms with Crippen molar-refractivity contribution in [2.24, 2.45) is 17.1 Å². The maximum Gasteiger partial charge on any atom is 0.411 e. The summed E-state index contributed by atoms with van der Waals surface area (Å²) in [7, 11) is 3.24. The Bertz CT molecular complexity index is 3090. The molecule has 4 unspecified atom stereocenters. The van der Waals surface area contributed by atoms with Crippen molar-refractivity contribution in [2.75, 3.05) is 42.7 Å². The zero-order valence-electron chi connectivity index (χ0n) is 49.8. The van der Waals surface area contributed by atoms with E-state index in [2.05, 4.69) is 43.8 Å². The van der Waals surface area contributed by atoms with Crippen LogP contribution in [0.4, 0.5) is 26.7 Å². The first-order valence-corrected chi connectivity index (χ1v) is 27.9. The molecule has 0 spiro atoms. The fourth-order valence-electron chi connectivity index (χ4n) is 9.85. The number of ether oxygens (including phenoxy) is 1. The summed E-state index contributed by atoms with van der Waals surface area (Å²) in [6.07, 6.45) is 1.44. The largest absolute Gasteiger partial charge is 0.478 e. The molecule has 1 heterocycles. The molecule has 9 amide bonds. The van der Waals surface area contributed by atoms with Gasteiger partial charge in [-0.1, -0.05) is 128 Å². The number of urea groups is 1. The van der Waals surface area contributed by atoms with Crippen LogP contribution in [-0.2, 0) is 63.3 Å². The Morgan fingerprint density at radius 2 is 1.45 bits per heavy atom. The molecule has 84 heavy (non-hydrogen) atoms. The molecule has 0 bridgehead atoms. The van der Waals surface area contributed by atoms with Crippen LogP contribution in [0, 0.1) is 11.3 Å². The zero-order valence-corrected chi connectivity index (χ0v) is 49.8. The summed E-state index contributed by atoms with van der Waals surface area (Å²) in [5, 5.41) is 28.8. The van der Waals surface area contributed by atoms with Crippen LogP contribution in [-0.4, -0.2) is 115 Å². The molecular formula is C63H82N10O11. The summed E-state index contributed by atoms with van der Waals surface area (Å²) in [5.74, 6) is -4.11. The number of aliphatic carboxylic acids is 1. The van der Waals surface area contributed by atoms with E-state index in [1.807, 2.05) is 103 Å². The van der Waals surface area contributed by atoms with Gasteiger partial charge in [-0.2, -0.15) is 0 Å². The third kappa shape index (κ3) is 18.6. The number of para-hydroxylation sites is 1. The van der Waals surface area contributed by atoms with E-state index in [0.717, 1.165) is 22.3 Å². The van der Waals surface area contributed by atoms with E-state index in [1.54, 1.807) is 67.5 Å². The Balaban J connectivity index is 1.14. The molecule has 4 atom stereocenters. The number of nitrogens with two attached hydrogens (primary N) is 1. The highest BCUT2D eigenvalue weighted by atomic mass is 16.5. The second-order valence-corrected chi connectivity index (χ2v) is 22.9. The Labute approximate surface area is 492 Å². The number of amides is 9. The lowest BCUT2D eigenvalue weighted by Crippen LogP contribution is -2.61. The Kier molecular flexibility index (Phi) is 23.5. The van der Waals surface area contributed by atoms with Crippen LogP contribution in [0.25, 0.3) is 5.57 Å². The van der Waals surface area contributed by atoms with Crippen LogP contribution < -0.4 is 47.9 Å². The lowest BCUT2D eigenvalue weighted by atomic mass is 9.76. The molecule has 10 N–H and O–H groups in total. The maximum absolute atomic E-state index is 14.2. The van der Waals surface area contributed by atoms with Gasteiger partial charge in [0.05, 0.1) is 30.9 Å². The zero-order chi connectivity index (χ0) is 62.1. The predicted octanol–water partition coefficient (Wildman–Crippen LogP) is 6.92. The molecule has 0 saturated heterocycles. The molecule has 4 aromatic rings. The first-order chi connectivity index (χ1) is 39.6. The van der Waals surface area contributed by atoms with Crippen molar-refractivity contribution in [2.45, 2.75) is 130 Å². The van der Waals surface area contributed by atoms with Crippen LogP contribution in [0.5, 0.6) is 0 Å². The van der Waals surface area contributed by atoms with Crippen LogP contribution in [0.2, 0.25) is 0 Å². The van der Waals surface area contributed by atoms with Crippen molar-refractivity contribution in [3.05, 3.63) is 143 Å². The highest BCUT2D eigenvalue weighted by molar-refractivity contribution is 6.00. The minimum atomic E-state index is -1.10. The summed E-state index contributed by atoms with van der Waals surface area (Å²) in [6, 6.07) is 24.5. The number of allylic oxidation sites excluding steroid dienone is 1. The average molecular weight is 1160 g/mol. The summed E-state index contributed by atoms with van der Waals surface area (Å²) in [6.45, 7) is 18.6. The number of nitrogens with zero attached hydrogens (tertiary/aromatic N) is 2. The molecule has 21 nitrogen and oxygen atoms in total. The second-order valence-electron chi connectivity index (χ2n) is 22.9. The lowest BCUT2D eigenvalue weighted by molar-refractivity contribution is -0.141. The SMILES string of the molecule is C=C1Cc2ccccc2CN(C(=O)CCC(=O)NCC(=O)NC(CCCNC(N)=O)C(=O)Nc2ccc(COC(=O)Nc3cccc(C(C)(C)C(NC)C(=O)NC(C(=O)N(C)C(/C=C(\C)C(=O)O)C(C)C)C(C)(C)C)c3)cc2)c2ccccc21. The number of fused-ring (bicyclic) bond motifs is 2. The first kappa shape index (κ1) is 66.0. The van der Waals surface area contributed by atoms with Gasteiger partial charge in [0, 0.05) is 54.4 Å². The van der Waals surface area contributed by atoms with Crippen LogP contribution in [0.1, 0.15) is 109 Å². The van der Waals surface area contributed by atoms with E-state index in [0.29, 0.717) is 41.2 Å². The molecule has 1 aliphatic heterocycles. The Morgan fingerprint density at radius 3 is 2.10 bits per heavy atom. The van der Waals surface area contributed by atoms with Gasteiger partial charge >= 0.3 is 18.1 Å². The predicted molar refractivity (Wildman–Crippen MR) is 323 cm³/mol. The summed E-state index contributed by atoms with van der Waals surface area (Å²) in [5.41, 5.74) is 10.1. The highest BCUT2D eigenvalue weighted by Gasteiger charge is 2.42. The molecular weight excluding hydrogens is 1070 g/mol. The topological polar surface area (TPSA) is 300 Å². The first-order valence-electron chi connectivity index (χ1n) is 27.9. The fraction of sp³-hybridized carbons (Fsp3) is 0.413. The van der Waals surface area contributed by atoms with Crippen LogP contribution >= 0.6 is 0 Å². The van der Waals surface area contributed by atoms with Gasteiger partial charge in [0.1, 0.15) is 18.7 Å². The quantitative estimate of drug-likeness (QED) is 0.0241. The van der Waals surface area contributed by atoms with Gasteiger partial charge in [-0.05, 0) is 103 Å². The van der Waals surface area contributed by atoms with Crippen LogP contribution in [0.3, 0.4) is 0 Å². The Hall–Kier alpha value is -8.85. The second kappa shape index (κ2) is 29.9. The molecule has 4 aromatic carbocycles. The maximum atomic E-state index is 14.2. The number of hydrogen-bond acceptors (Lipinski definition) is 11. The van der Waals surface area contributed by atoms with Crippen molar-refractivity contribution in [3.8, 4) is 0 Å². The van der Waals surface area contributed by atoms with E-state index >= 15 is 0 Å². The summed E-state index contributed by atoms with van der Waals surface area (Å²) in [4.78, 5) is 121. The van der Waals surface area contributed by atoms with Crippen molar-refractivity contribution in [1.82, 2.24) is 31.5 Å². The monoisotopic (exact) mass is 1150 g/mol. The molecule has 0 radical (unpaired) electrons. The third-order valence-corrected chi connectivity index (χ3v) is 14.7. The van der Waals surface area contributed by atoms with Gasteiger partial charge in [0.15, 0.2) is 0 Å². The van der Waals surface area contributed by atoms with Gasteiger partial charge in [-0.3, -0.25) is 34.1 Å². The van der Waals surface area contributed by atoms with Crippen molar-refractivity contribution in [3.63, 3.8) is 0 Å². The molecule has 0 saturated carbocycles. The number of carbonyl (C=O) groups excluding carboxylic acids is 8. The minimum absolute atomic E-state index is 0.0923. The number of likely N-dealkylation sites (N-methyl/N-ethyl adjacent to an activating group) is 2. The number of carboxylic acids is 1. The number of primary amides is 1. The molecule has 1 aliphatic rings. The van der Waals surface area contributed by atoms with Crippen molar-refractivity contribution >= 4 is 76.2 Å². The summed E-state index contributed by atoms with van der Waals surface area (Å²) >= 11 is 0. The number of nitrogens with one attached hydrogen (secondary N) is 7. The van der Waals surface area contributed by atoms with E-state index in [4.69, 9.17) is 10.5 Å². The molecule has 0 fully saturated rings. The van der Waals surface area contributed by atoms with E-state index in [-0.39, 0.29) is 62.1 Å². The smallest absolute Gasteiger partial charge is 0.411 e. The molecule has 450 valence electrons. The number of benzene rings is 4. The number of anilines is 3. The number of rotatable bonds is 25. The molecule has 0 aliphatic carbocycles. The standard InChI is InChI=1S/C63H82N10O11/c1-38(2)50(33-40(4)59(80)81)72(11)58(79)55(62(5,6)7)71-57(78)54(65-10)63(8,9)44-20-16-21-46(34-44)69-61(83)84-37-41-25-27-45(28-26-41)68-56(77)48(23-17-31-66-60(64)82)70-52(75)35-67-51(74)29-30-53(76)73-36-43-19-13-12-18-42(43)32-39(3)47-22-14-15-24-49(47)73/h12-16,18-22,24-28,33-34,38,48,50,54-55,65H,3,17,23,29-32,35-37H2,1-2,4-11H3,(H,67,74)(H,68,77)(H,69,83)(H,70,75)(H,71,78)(H,80,81)(H3,64,66,82)/b40-33+. The number of carboxylic acid groups (broad SMARTS) is 1. The fourth-order valence-corrected chi connectivity index (χ4v) is 9.85.